The van der Waals surface area contributed by atoms with Crippen LogP contribution in [0.4, 0.5) is 23.8 Å². The molecule has 0 aliphatic carbocycles. The van der Waals surface area contributed by atoms with Gasteiger partial charge in [-0.1, -0.05) is 0 Å². The molecule has 0 spiro atoms. The van der Waals surface area contributed by atoms with E-state index in [1.807, 2.05) is 0 Å². The van der Waals surface area contributed by atoms with E-state index < -0.39 is 48.0 Å². The smallest absolute Gasteiger partial charge is 0.416 e. The summed E-state index contributed by atoms with van der Waals surface area (Å²) in [6, 6.07) is -2.25. The molecule has 2 aromatic rings. The molecular formula is C17H20F3N5O4. The zero-order chi connectivity index (χ0) is 21.7. The Morgan fingerprint density at radius 2 is 1.93 bits per heavy atom. The molecule has 0 aromatic carbocycles. The molecule has 1 aliphatic rings. The Hall–Kier alpha value is -3.05. The van der Waals surface area contributed by atoms with Gasteiger partial charge in [-0.15, -0.1) is 0 Å². The summed E-state index contributed by atoms with van der Waals surface area (Å²) in [7, 11) is 1.60. The molecule has 2 atom stereocenters. The monoisotopic (exact) mass is 415 g/mol. The van der Waals surface area contributed by atoms with Crippen LogP contribution in [-0.2, 0) is 11.8 Å². The van der Waals surface area contributed by atoms with Crippen molar-refractivity contribution in [3.63, 3.8) is 0 Å². The highest BCUT2D eigenvalue weighted by atomic mass is 19.4. The van der Waals surface area contributed by atoms with Gasteiger partial charge in [-0.25, -0.2) is 14.3 Å². The van der Waals surface area contributed by atoms with Crippen LogP contribution in [0.3, 0.4) is 0 Å². The highest BCUT2D eigenvalue weighted by Gasteiger charge is 2.51. The second kappa shape index (κ2) is 6.78. The summed E-state index contributed by atoms with van der Waals surface area (Å²) in [5.74, 6) is -1.81. The van der Waals surface area contributed by atoms with Gasteiger partial charge in [0.25, 0.3) is 0 Å². The Kier molecular flexibility index (Phi) is 4.83. The Morgan fingerprint density at radius 1 is 1.28 bits per heavy atom. The van der Waals surface area contributed by atoms with Crippen molar-refractivity contribution in [3.8, 4) is 0 Å². The van der Waals surface area contributed by atoms with Gasteiger partial charge >= 0.3 is 18.2 Å². The second-order valence-electron chi connectivity index (χ2n) is 7.74. The number of carbonyl (C=O) groups excluding carboxylic acids is 1. The molecule has 29 heavy (non-hydrogen) atoms. The lowest BCUT2D eigenvalue weighted by atomic mass is 9.97. The third-order valence-corrected chi connectivity index (χ3v) is 4.31. The third kappa shape index (κ3) is 4.05. The van der Waals surface area contributed by atoms with E-state index in [2.05, 4.69) is 10.2 Å². The number of halogens is 3. The first-order chi connectivity index (χ1) is 13.3. The fourth-order valence-corrected chi connectivity index (χ4v) is 3.18. The van der Waals surface area contributed by atoms with Crippen LogP contribution in [0.5, 0.6) is 0 Å². The Bertz CT molecular complexity index is 944. The van der Waals surface area contributed by atoms with E-state index in [1.54, 1.807) is 27.8 Å². The Labute approximate surface area is 163 Å². The van der Waals surface area contributed by atoms with Crippen LogP contribution >= 0.6 is 0 Å². The first kappa shape index (κ1) is 20.7. The predicted octanol–water partition coefficient (Wildman–Crippen LogP) is 3.30. The summed E-state index contributed by atoms with van der Waals surface area (Å²) >= 11 is 0. The van der Waals surface area contributed by atoms with Crippen molar-refractivity contribution in [3.05, 3.63) is 29.7 Å². The van der Waals surface area contributed by atoms with E-state index in [1.165, 1.54) is 17.1 Å². The number of amides is 1. The van der Waals surface area contributed by atoms with Crippen LogP contribution in [0.15, 0.2) is 18.5 Å². The standard InChI is InChI=1S/C17H20F3N5O4/c1-16(2,3)29-15(28)24-11(9-7-21-23(4)8-9)6-12(17(18,19)20)25-13(24)5-10(22-25)14(26)27/h5,7-8,11-12H,6H2,1-4H3,(H,26,27)/t11-,12+/m0/s1. The van der Waals surface area contributed by atoms with E-state index in [0.717, 1.165) is 11.0 Å². The van der Waals surface area contributed by atoms with Crippen molar-refractivity contribution in [1.29, 1.82) is 0 Å². The minimum Gasteiger partial charge on any atom is -0.476 e. The molecular weight excluding hydrogens is 395 g/mol. The van der Waals surface area contributed by atoms with Crippen LogP contribution in [-0.4, -0.2) is 48.5 Å². The topological polar surface area (TPSA) is 102 Å². The van der Waals surface area contributed by atoms with Crippen molar-refractivity contribution in [2.45, 2.75) is 51.1 Å². The number of nitrogens with zero attached hydrogens (tertiary/aromatic N) is 5. The van der Waals surface area contributed by atoms with Crippen LogP contribution in [0.2, 0.25) is 0 Å². The molecule has 3 heterocycles. The minimum absolute atomic E-state index is 0.306. The van der Waals surface area contributed by atoms with Crippen molar-refractivity contribution >= 4 is 17.9 Å². The van der Waals surface area contributed by atoms with Gasteiger partial charge in [0, 0.05) is 31.3 Å². The zero-order valence-electron chi connectivity index (χ0n) is 16.1. The van der Waals surface area contributed by atoms with Gasteiger partial charge in [0.1, 0.15) is 11.4 Å². The molecule has 158 valence electrons. The van der Waals surface area contributed by atoms with E-state index >= 15 is 0 Å². The highest BCUT2D eigenvalue weighted by Crippen LogP contribution is 2.47. The maximum atomic E-state index is 13.8. The zero-order valence-corrected chi connectivity index (χ0v) is 16.1. The average Bonchev–Trinajstić information content (AvgIpc) is 3.16. The van der Waals surface area contributed by atoms with E-state index in [4.69, 9.17) is 4.74 Å². The second-order valence-corrected chi connectivity index (χ2v) is 7.74. The van der Waals surface area contributed by atoms with Crippen molar-refractivity contribution in [1.82, 2.24) is 19.6 Å². The fourth-order valence-electron chi connectivity index (χ4n) is 3.18. The van der Waals surface area contributed by atoms with Gasteiger partial charge in [0.05, 0.1) is 12.2 Å². The molecule has 0 bridgehead atoms. The first-order valence-electron chi connectivity index (χ1n) is 8.68. The molecule has 0 unspecified atom stereocenters. The lowest BCUT2D eigenvalue weighted by Gasteiger charge is -2.40. The number of hydrogen-bond acceptors (Lipinski definition) is 5. The summed E-state index contributed by atoms with van der Waals surface area (Å²) < 4.78 is 48.6. The van der Waals surface area contributed by atoms with Gasteiger partial charge in [0.15, 0.2) is 11.7 Å². The van der Waals surface area contributed by atoms with Gasteiger partial charge in [-0.3, -0.25) is 9.58 Å². The number of fused-ring (bicyclic) bond motifs is 1. The molecule has 1 amide bonds. The third-order valence-electron chi connectivity index (χ3n) is 4.31. The number of ether oxygens (including phenoxy) is 1. The maximum Gasteiger partial charge on any atom is 0.416 e. The number of carboxylic acids is 1. The van der Waals surface area contributed by atoms with E-state index in [0.29, 0.717) is 10.2 Å². The number of hydrogen-bond donors (Lipinski definition) is 1. The van der Waals surface area contributed by atoms with Crippen LogP contribution < -0.4 is 4.90 Å². The quantitative estimate of drug-likeness (QED) is 0.807. The molecule has 3 rings (SSSR count). The van der Waals surface area contributed by atoms with Gasteiger partial charge < -0.3 is 9.84 Å². The average molecular weight is 415 g/mol. The molecule has 0 fully saturated rings. The number of carbonyl (C=O) groups is 2. The number of aryl methyl sites for hydroxylation is 1. The van der Waals surface area contributed by atoms with Crippen LogP contribution in [0.1, 0.15) is 55.3 Å². The summed E-state index contributed by atoms with van der Waals surface area (Å²) in [5, 5.41) is 16.8. The normalized spacial score (nSPS) is 19.8. The lowest BCUT2D eigenvalue weighted by molar-refractivity contribution is -0.174. The number of rotatable bonds is 2. The van der Waals surface area contributed by atoms with Crippen LogP contribution in [0.25, 0.3) is 0 Å². The maximum absolute atomic E-state index is 13.8. The van der Waals surface area contributed by atoms with Gasteiger partial charge in [-0.05, 0) is 20.8 Å². The molecule has 1 aliphatic heterocycles. The van der Waals surface area contributed by atoms with Crippen LogP contribution in [0, 0.1) is 0 Å². The molecule has 0 radical (unpaired) electrons. The van der Waals surface area contributed by atoms with E-state index in [-0.39, 0.29) is 5.82 Å². The number of aromatic nitrogens is 4. The molecule has 0 saturated heterocycles. The van der Waals surface area contributed by atoms with Crippen molar-refractivity contribution < 1.29 is 32.6 Å². The SMILES string of the molecule is Cn1cc([C@@H]2C[C@H](C(F)(F)F)n3nc(C(=O)O)cc3N2C(=O)OC(C)(C)C)cn1. The highest BCUT2D eigenvalue weighted by molar-refractivity contribution is 5.92. The minimum atomic E-state index is -4.71. The largest absolute Gasteiger partial charge is 0.476 e. The molecule has 2 aromatic heterocycles. The molecule has 0 saturated carbocycles. The molecule has 1 N–H and O–H groups in total. The van der Waals surface area contributed by atoms with Crippen molar-refractivity contribution in [2.24, 2.45) is 7.05 Å². The van der Waals surface area contributed by atoms with Gasteiger partial charge in [-0.2, -0.15) is 23.4 Å². The summed E-state index contributed by atoms with van der Waals surface area (Å²) in [4.78, 5) is 25.2. The lowest BCUT2D eigenvalue weighted by Crippen LogP contribution is -2.46. The summed E-state index contributed by atoms with van der Waals surface area (Å²) in [5.41, 5.74) is -1.16. The fraction of sp³-hybridized carbons (Fsp3) is 0.529. The Morgan fingerprint density at radius 3 is 2.41 bits per heavy atom. The number of aromatic carboxylic acids is 1. The number of anilines is 1. The van der Waals surface area contributed by atoms with Crippen molar-refractivity contribution in [2.75, 3.05) is 4.90 Å². The predicted molar refractivity (Wildman–Crippen MR) is 93.6 cm³/mol. The summed E-state index contributed by atoms with van der Waals surface area (Å²) in [6.07, 6.45) is -3.33. The van der Waals surface area contributed by atoms with Gasteiger partial charge in [0.2, 0.25) is 0 Å². The summed E-state index contributed by atoms with van der Waals surface area (Å²) in [6.45, 7) is 4.85. The Balaban J connectivity index is 2.19. The number of alkyl halides is 3. The molecule has 12 heteroatoms. The van der Waals surface area contributed by atoms with E-state index in [9.17, 15) is 27.9 Å². The number of carboxylic acid groups (broad SMARTS) is 1. The first-order valence-corrected chi connectivity index (χ1v) is 8.68. The molecule has 9 nitrogen and oxygen atoms in total.